The minimum absolute atomic E-state index is 0.0511. The van der Waals surface area contributed by atoms with Crippen LogP contribution in [0, 0.1) is 6.92 Å². The van der Waals surface area contributed by atoms with Gasteiger partial charge in [0, 0.05) is 32.8 Å². The normalized spacial score (nSPS) is 15.4. The molecule has 0 radical (unpaired) electrons. The van der Waals surface area contributed by atoms with Gasteiger partial charge in [-0.1, -0.05) is 37.4 Å². The molecule has 1 N–H and O–H groups in total. The summed E-state index contributed by atoms with van der Waals surface area (Å²) < 4.78 is 14.2. The third kappa shape index (κ3) is 7.80. The molecule has 0 unspecified atom stereocenters. The van der Waals surface area contributed by atoms with Gasteiger partial charge in [0.15, 0.2) is 10.6 Å². The summed E-state index contributed by atoms with van der Waals surface area (Å²) in [5, 5.41) is 9.50. The minimum Gasteiger partial charge on any atom is -0.460 e. The molecule has 1 aliphatic carbocycles. The van der Waals surface area contributed by atoms with Crippen molar-refractivity contribution in [2.24, 2.45) is 4.99 Å². The van der Waals surface area contributed by atoms with Gasteiger partial charge in [0.05, 0.1) is 17.2 Å². The van der Waals surface area contributed by atoms with Crippen molar-refractivity contribution >= 4 is 25.2 Å². The van der Waals surface area contributed by atoms with E-state index in [0.29, 0.717) is 18.6 Å². The van der Waals surface area contributed by atoms with Gasteiger partial charge < -0.3 is 14.6 Å². The van der Waals surface area contributed by atoms with Crippen molar-refractivity contribution in [2.45, 2.75) is 84.2 Å². The molecule has 0 bridgehead atoms. The summed E-state index contributed by atoms with van der Waals surface area (Å²) >= 11 is 1.52. The highest BCUT2D eigenvalue weighted by Gasteiger charge is 2.18. The van der Waals surface area contributed by atoms with E-state index in [-0.39, 0.29) is 12.7 Å². The predicted molar refractivity (Wildman–Crippen MR) is 145 cm³/mol. The zero-order valence-electron chi connectivity index (χ0n) is 21.7. The highest BCUT2D eigenvalue weighted by molar-refractivity contribution is 7.12. The lowest BCUT2D eigenvalue weighted by Gasteiger charge is -2.21. The van der Waals surface area contributed by atoms with Crippen LogP contribution in [0.5, 0.6) is 6.01 Å². The van der Waals surface area contributed by atoms with Crippen molar-refractivity contribution in [1.82, 2.24) is 19.5 Å². The predicted octanol–water partition coefficient (Wildman–Crippen LogP) is 5.46. The van der Waals surface area contributed by atoms with Crippen molar-refractivity contribution in [3.8, 4) is 16.6 Å². The van der Waals surface area contributed by atoms with Crippen molar-refractivity contribution in [2.75, 3.05) is 6.61 Å². The third-order valence-electron chi connectivity index (χ3n) is 6.06. The smallest absolute Gasteiger partial charge is 0.317 e. The monoisotopic (exact) mass is 527 g/mol. The van der Waals surface area contributed by atoms with Crippen LogP contribution < -0.4 is 9.54 Å². The Morgan fingerprint density at radius 2 is 1.97 bits per heavy atom. The van der Waals surface area contributed by atoms with Crippen molar-refractivity contribution < 1.29 is 14.6 Å². The van der Waals surface area contributed by atoms with Crippen LogP contribution in [-0.4, -0.2) is 45.4 Å². The summed E-state index contributed by atoms with van der Waals surface area (Å²) in [6.45, 7) is 10.1. The van der Waals surface area contributed by atoms with Gasteiger partial charge in [0.2, 0.25) is 0 Å². The van der Waals surface area contributed by atoms with E-state index in [4.69, 9.17) is 19.5 Å². The minimum atomic E-state index is -1.18. The molecule has 3 aromatic heterocycles. The number of rotatable bonds is 10. The molecular formula is C26H37N5O3SSi. The highest BCUT2D eigenvalue weighted by atomic mass is 32.1. The molecule has 8 nitrogen and oxygen atoms in total. The first-order valence-electron chi connectivity index (χ1n) is 12.7. The van der Waals surface area contributed by atoms with Gasteiger partial charge >= 0.3 is 6.01 Å². The number of aliphatic hydroxyl groups excluding tert-OH is 1. The molecule has 0 saturated heterocycles. The zero-order chi connectivity index (χ0) is 25.5. The van der Waals surface area contributed by atoms with Crippen LogP contribution in [-0.2, 0) is 18.1 Å². The zero-order valence-corrected chi connectivity index (χ0v) is 23.6. The molecule has 194 valence electrons. The molecule has 3 aromatic rings. The van der Waals surface area contributed by atoms with Gasteiger partial charge in [0.25, 0.3) is 0 Å². The molecule has 1 fully saturated rings. The van der Waals surface area contributed by atoms with Gasteiger partial charge in [-0.25, -0.2) is 15.0 Å². The lowest BCUT2D eigenvalue weighted by atomic mass is 9.98. The van der Waals surface area contributed by atoms with E-state index >= 15 is 0 Å². The van der Waals surface area contributed by atoms with Crippen molar-refractivity contribution in [3.63, 3.8) is 0 Å². The summed E-state index contributed by atoms with van der Waals surface area (Å²) in [6, 6.07) is 7.10. The lowest BCUT2D eigenvalue weighted by molar-refractivity contribution is 0.0855. The lowest BCUT2D eigenvalue weighted by Crippen LogP contribution is -2.23. The molecule has 10 heteroatoms. The van der Waals surface area contributed by atoms with E-state index in [2.05, 4.69) is 29.6 Å². The second kappa shape index (κ2) is 12.2. The van der Waals surface area contributed by atoms with Crippen LogP contribution in [0.15, 0.2) is 35.6 Å². The molecular weight excluding hydrogens is 490 g/mol. The number of hydrogen-bond acceptors (Lipinski definition) is 8. The number of ether oxygens (including phenoxy) is 2. The van der Waals surface area contributed by atoms with E-state index in [0.717, 1.165) is 52.1 Å². The highest BCUT2D eigenvalue weighted by Crippen LogP contribution is 2.26. The number of aryl methyl sites for hydroxylation is 1. The summed E-state index contributed by atoms with van der Waals surface area (Å²) in [6.07, 6.45) is 9.67. The standard InChI is InChI=1S/C26H37N5O3SSi/c1-19-14-22(29-25(28-19)34-21-8-6-5-7-9-21)23-16-31(18-33-12-13-36(2,3)4)26(35-23)30-24-15-20(17-32)10-11-27-24/h10-11,14-16,21,32H,5-9,12-13,17-18H2,1-4H3/b30-26-. The van der Waals surface area contributed by atoms with Crippen LogP contribution in [0.2, 0.25) is 25.7 Å². The number of thiazole rings is 1. The first-order chi connectivity index (χ1) is 17.3. The van der Waals surface area contributed by atoms with E-state index < -0.39 is 8.07 Å². The molecule has 0 aromatic carbocycles. The Morgan fingerprint density at radius 3 is 2.72 bits per heavy atom. The largest absolute Gasteiger partial charge is 0.460 e. The van der Waals surface area contributed by atoms with Gasteiger partial charge in [-0.15, -0.1) is 0 Å². The SMILES string of the molecule is Cc1cc(-c2cn(COCC[Si](C)(C)C)/c(=N/c3cc(CO)ccn3)s2)nc(OC2CCCCC2)n1. The molecule has 3 heterocycles. The van der Waals surface area contributed by atoms with E-state index in [9.17, 15) is 5.11 Å². The maximum atomic E-state index is 9.50. The van der Waals surface area contributed by atoms with Crippen LogP contribution in [0.3, 0.4) is 0 Å². The molecule has 36 heavy (non-hydrogen) atoms. The third-order valence-corrected chi connectivity index (χ3v) is 8.81. The number of hydrogen-bond donors (Lipinski definition) is 1. The topological polar surface area (TPSA) is 94.7 Å². The first kappa shape index (κ1) is 26.7. The quantitative estimate of drug-likeness (QED) is 0.278. The average molecular weight is 528 g/mol. The Balaban J connectivity index is 1.63. The van der Waals surface area contributed by atoms with Crippen LogP contribution >= 0.6 is 11.3 Å². The number of aromatic nitrogens is 4. The molecule has 1 saturated carbocycles. The van der Waals surface area contributed by atoms with Crippen LogP contribution in [0.25, 0.3) is 10.6 Å². The van der Waals surface area contributed by atoms with E-state index in [1.54, 1.807) is 18.3 Å². The molecule has 0 spiro atoms. The Bertz CT molecular complexity index is 1210. The fourth-order valence-corrected chi connectivity index (χ4v) is 5.69. The van der Waals surface area contributed by atoms with Gasteiger partial charge in [-0.3, -0.25) is 4.57 Å². The fraction of sp³-hybridized carbons (Fsp3) is 0.538. The fourth-order valence-electron chi connectivity index (χ4n) is 3.99. The van der Waals surface area contributed by atoms with Gasteiger partial charge in [-0.05, 0) is 62.4 Å². The molecule has 4 rings (SSSR count). The number of aliphatic hydroxyl groups is 1. The maximum Gasteiger partial charge on any atom is 0.317 e. The second-order valence-corrected chi connectivity index (χ2v) is 17.2. The Labute approximate surface area is 218 Å². The summed E-state index contributed by atoms with van der Waals surface area (Å²) in [5.41, 5.74) is 2.45. The summed E-state index contributed by atoms with van der Waals surface area (Å²) in [4.78, 5) is 20.1. The molecule has 0 atom stereocenters. The summed E-state index contributed by atoms with van der Waals surface area (Å²) in [5.74, 6) is 0.547. The van der Waals surface area contributed by atoms with Crippen molar-refractivity contribution in [1.29, 1.82) is 0 Å². The molecule has 0 amide bonds. The molecule has 1 aliphatic rings. The van der Waals surface area contributed by atoms with Gasteiger partial charge in [0.1, 0.15) is 12.8 Å². The molecule has 0 aliphatic heterocycles. The first-order valence-corrected chi connectivity index (χ1v) is 17.2. The number of pyridine rings is 1. The second-order valence-electron chi connectivity index (χ2n) is 10.5. The van der Waals surface area contributed by atoms with Crippen LogP contribution in [0.4, 0.5) is 5.82 Å². The Kier molecular flexibility index (Phi) is 9.05. The van der Waals surface area contributed by atoms with E-state index in [1.807, 2.05) is 23.8 Å². The maximum absolute atomic E-state index is 9.50. The Hall–Kier alpha value is -2.40. The van der Waals surface area contributed by atoms with E-state index in [1.165, 1.54) is 30.6 Å². The number of nitrogens with zero attached hydrogens (tertiary/aromatic N) is 5. The van der Waals surface area contributed by atoms with Crippen molar-refractivity contribution in [3.05, 3.63) is 46.7 Å². The Morgan fingerprint density at radius 1 is 1.17 bits per heavy atom. The van der Waals surface area contributed by atoms with Crippen LogP contribution in [0.1, 0.15) is 43.4 Å². The van der Waals surface area contributed by atoms with Gasteiger partial charge in [-0.2, -0.15) is 4.98 Å². The average Bonchev–Trinajstić information content (AvgIpc) is 3.24. The summed E-state index contributed by atoms with van der Waals surface area (Å²) in [7, 11) is -1.18.